The Hall–Kier alpha value is -1.40. The van der Waals surface area contributed by atoms with Crippen molar-refractivity contribution in [2.24, 2.45) is 0 Å². The fourth-order valence-corrected chi connectivity index (χ4v) is 0.0119. The smallest absolute Gasteiger partial charge is 0.481 e. The van der Waals surface area contributed by atoms with E-state index in [0.29, 0.717) is 0 Å². The van der Waals surface area contributed by atoms with Crippen molar-refractivity contribution >= 4 is 12.1 Å². The SMILES string of the molecule is CC(=O)O.O=C(OF)OF. The van der Waals surface area contributed by atoms with Crippen molar-refractivity contribution in [3.8, 4) is 0 Å². The van der Waals surface area contributed by atoms with Gasteiger partial charge in [0.2, 0.25) is 0 Å². The number of aliphatic carboxylic acids is 1. The number of halogens is 2. The lowest BCUT2D eigenvalue weighted by Crippen LogP contribution is -1.91. The molecule has 0 atom stereocenters. The maximum absolute atomic E-state index is 10.2. The lowest BCUT2D eigenvalue weighted by Gasteiger charge is -1.76. The molecule has 0 spiro atoms. The number of carboxylic acid groups (broad SMARTS) is 1. The normalized spacial score (nSPS) is 6.70. The molecule has 0 saturated heterocycles. The average molecular weight is 158 g/mol. The second-order valence-electron chi connectivity index (χ2n) is 0.923. The molecule has 0 aromatic rings. The summed E-state index contributed by atoms with van der Waals surface area (Å²) in [5, 5.41) is 7.42. The van der Waals surface area contributed by atoms with Gasteiger partial charge < -0.3 is 5.11 Å². The summed E-state index contributed by atoms with van der Waals surface area (Å²) in [4.78, 5) is 22.3. The molecule has 60 valence electrons. The first kappa shape index (κ1) is 11.4. The van der Waals surface area contributed by atoms with Crippen molar-refractivity contribution in [2.75, 3.05) is 0 Å². The summed E-state index contributed by atoms with van der Waals surface area (Å²) < 4.78 is 20.3. The van der Waals surface area contributed by atoms with Crippen LogP contribution in [0, 0.1) is 0 Å². The van der Waals surface area contributed by atoms with Gasteiger partial charge in [-0.1, -0.05) is 0 Å². The minimum atomic E-state index is -1.99. The van der Waals surface area contributed by atoms with Gasteiger partial charge in [0.05, 0.1) is 0 Å². The van der Waals surface area contributed by atoms with Gasteiger partial charge in [0, 0.05) is 16.0 Å². The van der Waals surface area contributed by atoms with Gasteiger partial charge in [0.25, 0.3) is 5.97 Å². The van der Waals surface area contributed by atoms with Gasteiger partial charge in [-0.3, -0.25) is 4.79 Å². The molecule has 10 heavy (non-hydrogen) atoms. The molecule has 0 heterocycles. The summed E-state index contributed by atoms with van der Waals surface area (Å²) in [6, 6.07) is 0. The Morgan fingerprint density at radius 2 is 1.50 bits per heavy atom. The molecule has 0 unspecified atom stereocenters. The predicted molar refractivity (Wildman–Crippen MR) is 23.1 cm³/mol. The van der Waals surface area contributed by atoms with Crippen molar-refractivity contribution in [1.29, 1.82) is 0 Å². The van der Waals surface area contributed by atoms with Crippen molar-refractivity contribution in [1.82, 2.24) is 0 Å². The van der Waals surface area contributed by atoms with E-state index in [0.717, 1.165) is 6.92 Å². The van der Waals surface area contributed by atoms with Crippen molar-refractivity contribution in [3.05, 3.63) is 0 Å². The molecule has 0 aliphatic carbocycles. The second kappa shape index (κ2) is 7.60. The maximum atomic E-state index is 10.2. The highest BCUT2D eigenvalue weighted by molar-refractivity contribution is 5.62. The van der Waals surface area contributed by atoms with E-state index in [1.54, 1.807) is 0 Å². The molecular weight excluding hydrogens is 154 g/mol. The van der Waals surface area contributed by atoms with Crippen LogP contribution in [-0.2, 0) is 14.7 Å². The van der Waals surface area contributed by atoms with Crippen LogP contribution in [0.15, 0.2) is 0 Å². The van der Waals surface area contributed by atoms with Crippen LogP contribution in [0.25, 0.3) is 0 Å². The molecule has 0 aromatic carbocycles. The Kier molecular flexibility index (Phi) is 8.67. The molecule has 5 nitrogen and oxygen atoms in total. The van der Waals surface area contributed by atoms with Crippen molar-refractivity contribution in [2.45, 2.75) is 6.92 Å². The highest BCUT2D eigenvalue weighted by Crippen LogP contribution is 1.82. The zero-order valence-electron chi connectivity index (χ0n) is 4.84. The van der Waals surface area contributed by atoms with Crippen LogP contribution >= 0.6 is 0 Å². The third-order valence-electron chi connectivity index (χ3n) is 0.126. The van der Waals surface area contributed by atoms with Crippen LogP contribution in [-0.4, -0.2) is 17.2 Å². The van der Waals surface area contributed by atoms with Gasteiger partial charge >= 0.3 is 6.16 Å². The summed E-state index contributed by atoms with van der Waals surface area (Å²) in [7, 11) is 0. The van der Waals surface area contributed by atoms with Crippen LogP contribution in [0.2, 0.25) is 0 Å². The zero-order valence-corrected chi connectivity index (χ0v) is 4.84. The van der Waals surface area contributed by atoms with Crippen LogP contribution in [0.3, 0.4) is 0 Å². The van der Waals surface area contributed by atoms with E-state index in [1.165, 1.54) is 0 Å². The number of carboxylic acids is 1. The number of carbonyl (C=O) groups is 2. The van der Waals surface area contributed by atoms with Gasteiger partial charge in [-0.2, -0.15) is 4.79 Å². The highest BCUT2D eigenvalue weighted by Gasteiger charge is 1.99. The van der Waals surface area contributed by atoms with E-state index >= 15 is 0 Å². The lowest BCUT2D eigenvalue weighted by molar-refractivity contribution is -0.167. The first-order valence-corrected chi connectivity index (χ1v) is 1.85. The van der Waals surface area contributed by atoms with Crippen molar-refractivity contribution < 1.29 is 33.6 Å². The Bertz CT molecular complexity index is 103. The Balaban J connectivity index is 0. The van der Waals surface area contributed by atoms with E-state index in [9.17, 15) is 9.05 Å². The first-order chi connectivity index (χ1) is 4.54. The molecule has 0 radical (unpaired) electrons. The monoisotopic (exact) mass is 158 g/mol. The van der Waals surface area contributed by atoms with Crippen LogP contribution < -0.4 is 0 Å². The highest BCUT2D eigenvalue weighted by atomic mass is 19.3. The van der Waals surface area contributed by atoms with E-state index in [-0.39, 0.29) is 0 Å². The fourth-order valence-electron chi connectivity index (χ4n) is 0.0119. The topological polar surface area (TPSA) is 72.8 Å². The molecule has 0 aliphatic rings. The minimum Gasteiger partial charge on any atom is -0.481 e. The Morgan fingerprint density at radius 1 is 1.30 bits per heavy atom. The molecule has 0 aliphatic heterocycles. The second-order valence-corrected chi connectivity index (χ2v) is 0.923. The van der Waals surface area contributed by atoms with Crippen molar-refractivity contribution in [3.63, 3.8) is 0 Å². The third kappa shape index (κ3) is 30.6. The molecule has 0 rings (SSSR count). The summed E-state index contributed by atoms with van der Waals surface area (Å²) in [5.74, 6) is -0.833. The summed E-state index contributed by atoms with van der Waals surface area (Å²) in [6.45, 7) is 1.08. The van der Waals surface area contributed by atoms with Gasteiger partial charge in [-0.05, 0) is 0 Å². The third-order valence-corrected chi connectivity index (χ3v) is 0.126. The number of rotatable bonds is 0. The maximum Gasteiger partial charge on any atom is 0.581 e. The van der Waals surface area contributed by atoms with E-state index in [1.807, 2.05) is 0 Å². The van der Waals surface area contributed by atoms with Crippen LogP contribution in [0.5, 0.6) is 0 Å². The summed E-state index contributed by atoms with van der Waals surface area (Å²) >= 11 is 0. The van der Waals surface area contributed by atoms with E-state index < -0.39 is 12.1 Å². The molecule has 1 N–H and O–H groups in total. The van der Waals surface area contributed by atoms with Gasteiger partial charge in [0.15, 0.2) is 0 Å². The van der Waals surface area contributed by atoms with Gasteiger partial charge in [0.1, 0.15) is 0 Å². The summed E-state index contributed by atoms with van der Waals surface area (Å²) in [5.41, 5.74) is 0. The molecular formula is C3H4F2O5. The molecule has 0 saturated carbocycles. The minimum absolute atomic E-state index is 0.833. The first-order valence-electron chi connectivity index (χ1n) is 1.85. The average Bonchev–Trinajstić information content (AvgIpc) is 1.85. The Labute approximate surface area is 54.0 Å². The number of hydrogen-bond donors (Lipinski definition) is 1. The van der Waals surface area contributed by atoms with Gasteiger partial charge in [-0.15, -0.1) is 0 Å². The molecule has 0 bridgehead atoms. The largest absolute Gasteiger partial charge is 0.581 e. The lowest BCUT2D eigenvalue weighted by atomic mass is 10.9. The number of carbonyl (C=O) groups excluding carboxylic acids is 1. The summed E-state index contributed by atoms with van der Waals surface area (Å²) in [6.07, 6.45) is -1.99. The van der Waals surface area contributed by atoms with Crippen LogP contribution in [0.1, 0.15) is 6.92 Å². The molecule has 0 fully saturated rings. The molecule has 0 amide bonds. The number of hydrogen-bond acceptors (Lipinski definition) is 4. The predicted octanol–water partition coefficient (Wildman–Crippen LogP) is 1.000. The van der Waals surface area contributed by atoms with E-state index in [4.69, 9.17) is 14.7 Å². The quantitative estimate of drug-likeness (QED) is 0.569. The fraction of sp³-hybridized carbons (Fsp3) is 0.333. The standard InChI is InChI=1S/C2H4O2.CF2O3/c1-2(3)4;2-5-1(4)6-3/h1H3,(H,3,4);. The van der Waals surface area contributed by atoms with Crippen LogP contribution in [0.4, 0.5) is 13.8 Å². The van der Waals surface area contributed by atoms with E-state index in [2.05, 4.69) is 9.88 Å². The van der Waals surface area contributed by atoms with Gasteiger partial charge in [-0.25, -0.2) is 9.88 Å². The Morgan fingerprint density at radius 3 is 1.50 bits per heavy atom. The zero-order chi connectivity index (χ0) is 8.57. The molecule has 7 heteroatoms. The molecule has 0 aromatic heterocycles.